The maximum atomic E-state index is 14.2. The molecular formula is C21H12ClF3N2. The smallest absolute Gasteiger partial charge is 0.237 e. The number of rotatable bonds is 2. The number of fused-ring (bicyclic) bond motifs is 1. The van der Waals surface area contributed by atoms with Crippen molar-refractivity contribution in [2.75, 3.05) is 0 Å². The van der Waals surface area contributed by atoms with Crippen molar-refractivity contribution in [1.29, 1.82) is 0 Å². The van der Waals surface area contributed by atoms with Crippen LogP contribution in [0.5, 0.6) is 0 Å². The first-order valence-corrected chi connectivity index (χ1v) is 8.50. The van der Waals surface area contributed by atoms with E-state index in [0.717, 1.165) is 0 Å². The van der Waals surface area contributed by atoms with Crippen LogP contribution in [0.2, 0.25) is 5.02 Å². The molecule has 4 aromatic rings. The van der Waals surface area contributed by atoms with E-state index in [4.69, 9.17) is 11.6 Å². The number of nitrogens with zero attached hydrogens (tertiary/aromatic N) is 2. The Kier molecular flexibility index (Phi) is 4.32. The summed E-state index contributed by atoms with van der Waals surface area (Å²) in [6.45, 7) is 0. The first-order valence-electron chi connectivity index (χ1n) is 8.12. The molecule has 2 nitrogen and oxygen atoms in total. The Morgan fingerprint density at radius 1 is 0.815 bits per heavy atom. The third-order valence-electron chi connectivity index (χ3n) is 4.20. The first kappa shape index (κ1) is 17.5. The Morgan fingerprint density at radius 2 is 1.56 bits per heavy atom. The molecule has 0 aliphatic carbocycles. The normalized spacial score (nSPS) is 11.7. The Balaban J connectivity index is 2.19. The largest absolute Gasteiger partial charge is 0.419 e. The van der Waals surface area contributed by atoms with Gasteiger partial charge in [0.15, 0.2) is 5.65 Å². The Morgan fingerprint density at radius 3 is 2.26 bits per heavy atom. The van der Waals surface area contributed by atoms with Crippen molar-refractivity contribution >= 4 is 22.6 Å². The molecule has 0 N–H and O–H groups in total. The second-order valence-electron chi connectivity index (χ2n) is 5.96. The summed E-state index contributed by atoms with van der Waals surface area (Å²) < 4.78 is 42.6. The van der Waals surface area contributed by atoms with Crippen LogP contribution in [0.4, 0.5) is 13.2 Å². The lowest BCUT2D eigenvalue weighted by molar-refractivity contribution is -0.136. The molecule has 0 saturated heterocycles. The standard InChI is InChI=1S/C21H12ClF3N2/c22-15-9-4-8-14(12-15)19-18(21(23,24)25)17(13-6-2-1-3-7-13)16-10-5-11-26-20(16)27-19/h1-12H. The summed E-state index contributed by atoms with van der Waals surface area (Å²) in [6, 6.07) is 17.9. The van der Waals surface area contributed by atoms with E-state index in [9.17, 15) is 13.2 Å². The van der Waals surface area contributed by atoms with Crippen LogP contribution in [0.15, 0.2) is 72.9 Å². The molecule has 4 rings (SSSR count). The zero-order valence-electron chi connectivity index (χ0n) is 13.8. The van der Waals surface area contributed by atoms with Crippen LogP contribution in [-0.4, -0.2) is 9.97 Å². The van der Waals surface area contributed by atoms with Gasteiger partial charge in [0, 0.05) is 27.7 Å². The van der Waals surface area contributed by atoms with Gasteiger partial charge in [0.25, 0.3) is 0 Å². The Bertz CT molecular complexity index is 1130. The van der Waals surface area contributed by atoms with Crippen LogP contribution in [-0.2, 0) is 6.18 Å². The van der Waals surface area contributed by atoms with Crippen molar-refractivity contribution in [3.63, 3.8) is 0 Å². The van der Waals surface area contributed by atoms with Crippen LogP contribution in [0.1, 0.15) is 5.56 Å². The molecule has 0 aliphatic rings. The van der Waals surface area contributed by atoms with Gasteiger partial charge in [-0.15, -0.1) is 0 Å². The van der Waals surface area contributed by atoms with Gasteiger partial charge >= 0.3 is 6.18 Å². The summed E-state index contributed by atoms with van der Waals surface area (Å²) >= 11 is 6.01. The van der Waals surface area contributed by atoms with E-state index in [-0.39, 0.29) is 16.9 Å². The molecular weight excluding hydrogens is 373 g/mol. The third kappa shape index (κ3) is 3.26. The summed E-state index contributed by atoms with van der Waals surface area (Å²) in [5.41, 5.74) is 0.0788. The number of halogens is 4. The van der Waals surface area contributed by atoms with Gasteiger partial charge in [-0.05, 0) is 29.8 Å². The van der Waals surface area contributed by atoms with Gasteiger partial charge < -0.3 is 0 Å². The first-order chi connectivity index (χ1) is 12.9. The number of benzene rings is 2. The fraction of sp³-hybridized carbons (Fsp3) is 0.0476. The van der Waals surface area contributed by atoms with E-state index in [0.29, 0.717) is 21.5 Å². The van der Waals surface area contributed by atoms with Gasteiger partial charge in [-0.1, -0.05) is 54.1 Å². The van der Waals surface area contributed by atoms with Crippen LogP contribution in [0.3, 0.4) is 0 Å². The zero-order chi connectivity index (χ0) is 19.0. The average Bonchev–Trinajstić information content (AvgIpc) is 2.66. The molecule has 27 heavy (non-hydrogen) atoms. The molecule has 0 saturated carbocycles. The minimum absolute atomic E-state index is 0.0659. The summed E-state index contributed by atoms with van der Waals surface area (Å²) in [5.74, 6) is 0. The van der Waals surface area contributed by atoms with Crippen molar-refractivity contribution in [3.8, 4) is 22.4 Å². The van der Waals surface area contributed by atoms with Crippen molar-refractivity contribution in [1.82, 2.24) is 9.97 Å². The number of hydrogen-bond donors (Lipinski definition) is 0. The average molecular weight is 385 g/mol. The van der Waals surface area contributed by atoms with Crippen LogP contribution < -0.4 is 0 Å². The lowest BCUT2D eigenvalue weighted by Crippen LogP contribution is -2.12. The Labute approximate surface area is 158 Å². The fourth-order valence-corrected chi connectivity index (χ4v) is 3.31. The second kappa shape index (κ2) is 6.67. The number of hydrogen-bond acceptors (Lipinski definition) is 2. The fourth-order valence-electron chi connectivity index (χ4n) is 3.12. The van der Waals surface area contributed by atoms with Gasteiger partial charge in [0.1, 0.15) is 0 Å². The number of pyridine rings is 2. The SMILES string of the molecule is FC(F)(F)c1c(-c2cccc(Cl)c2)nc2ncccc2c1-c1ccccc1. The maximum absolute atomic E-state index is 14.2. The lowest BCUT2D eigenvalue weighted by atomic mass is 9.92. The molecule has 2 heterocycles. The van der Waals surface area contributed by atoms with Gasteiger partial charge in [0.05, 0.1) is 11.3 Å². The van der Waals surface area contributed by atoms with Crippen LogP contribution in [0, 0.1) is 0 Å². The highest BCUT2D eigenvalue weighted by molar-refractivity contribution is 6.30. The highest BCUT2D eigenvalue weighted by atomic mass is 35.5. The van der Waals surface area contributed by atoms with Crippen molar-refractivity contribution < 1.29 is 13.2 Å². The number of alkyl halides is 3. The molecule has 0 radical (unpaired) electrons. The van der Waals surface area contributed by atoms with Crippen molar-refractivity contribution in [2.24, 2.45) is 0 Å². The molecule has 0 amide bonds. The van der Waals surface area contributed by atoms with Crippen LogP contribution >= 0.6 is 11.6 Å². The summed E-state index contributed by atoms with van der Waals surface area (Å²) in [4.78, 5) is 8.44. The molecule has 0 spiro atoms. The van der Waals surface area contributed by atoms with Gasteiger partial charge in [0.2, 0.25) is 0 Å². The van der Waals surface area contributed by atoms with Gasteiger partial charge in [-0.25, -0.2) is 9.97 Å². The molecule has 134 valence electrons. The van der Waals surface area contributed by atoms with Crippen molar-refractivity contribution in [3.05, 3.63) is 83.5 Å². The summed E-state index contributed by atoms with van der Waals surface area (Å²) in [7, 11) is 0. The summed E-state index contributed by atoms with van der Waals surface area (Å²) in [6.07, 6.45) is -3.10. The van der Waals surface area contributed by atoms with E-state index in [1.807, 2.05) is 0 Å². The van der Waals surface area contributed by atoms with Crippen molar-refractivity contribution in [2.45, 2.75) is 6.18 Å². The quantitative estimate of drug-likeness (QED) is 0.387. The van der Waals surface area contributed by atoms with Gasteiger partial charge in [-0.2, -0.15) is 13.2 Å². The van der Waals surface area contributed by atoms with E-state index >= 15 is 0 Å². The minimum Gasteiger partial charge on any atom is -0.237 e. The predicted octanol–water partition coefficient (Wildman–Crippen LogP) is 6.64. The van der Waals surface area contributed by atoms with E-state index < -0.39 is 11.7 Å². The van der Waals surface area contributed by atoms with E-state index in [2.05, 4.69) is 9.97 Å². The van der Waals surface area contributed by atoms with E-state index in [1.165, 1.54) is 12.3 Å². The second-order valence-corrected chi connectivity index (χ2v) is 6.40. The van der Waals surface area contributed by atoms with E-state index in [1.54, 1.807) is 60.7 Å². The lowest BCUT2D eigenvalue weighted by Gasteiger charge is -2.19. The maximum Gasteiger partial charge on any atom is 0.419 e. The highest BCUT2D eigenvalue weighted by Crippen LogP contribution is 2.45. The molecule has 2 aromatic heterocycles. The molecule has 0 unspecified atom stereocenters. The number of aromatic nitrogens is 2. The monoisotopic (exact) mass is 384 g/mol. The minimum atomic E-state index is -4.61. The third-order valence-corrected chi connectivity index (χ3v) is 4.44. The Hall–Kier alpha value is -2.92. The predicted molar refractivity (Wildman–Crippen MR) is 100 cm³/mol. The zero-order valence-corrected chi connectivity index (χ0v) is 14.6. The molecule has 2 aromatic carbocycles. The molecule has 6 heteroatoms. The van der Waals surface area contributed by atoms with Gasteiger partial charge in [-0.3, -0.25) is 0 Å². The molecule has 0 aliphatic heterocycles. The van der Waals surface area contributed by atoms with Crippen LogP contribution in [0.25, 0.3) is 33.4 Å². The molecule has 0 fully saturated rings. The molecule has 0 bridgehead atoms. The summed E-state index contributed by atoms with van der Waals surface area (Å²) in [5, 5.41) is 0.687. The topological polar surface area (TPSA) is 25.8 Å². The molecule has 0 atom stereocenters. The highest BCUT2D eigenvalue weighted by Gasteiger charge is 2.39.